The molecule has 0 atom stereocenters. The summed E-state index contributed by atoms with van der Waals surface area (Å²) in [6, 6.07) is 11.6. The lowest BCUT2D eigenvalue weighted by Gasteiger charge is -2.03. The molecule has 7 nitrogen and oxygen atoms in total. The third-order valence-corrected chi connectivity index (χ3v) is 4.04. The first-order valence-electron chi connectivity index (χ1n) is 7.74. The average Bonchev–Trinajstić information content (AvgIpc) is 3.32. The van der Waals surface area contributed by atoms with Crippen molar-refractivity contribution in [2.75, 3.05) is 0 Å². The first-order valence-corrected chi connectivity index (χ1v) is 8.12. The van der Waals surface area contributed by atoms with Gasteiger partial charge < -0.3 is 4.57 Å². The second-order valence-electron chi connectivity index (χ2n) is 5.54. The van der Waals surface area contributed by atoms with Crippen molar-refractivity contribution < 1.29 is 0 Å². The molecule has 0 fully saturated rings. The molecule has 0 bridgehead atoms. The quantitative estimate of drug-likeness (QED) is 0.597. The summed E-state index contributed by atoms with van der Waals surface area (Å²) in [5.74, 6) is 0.532. The van der Waals surface area contributed by atoms with E-state index in [1.807, 2.05) is 47.4 Å². The Bertz CT molecular complexity index is 978. The van der Waals surface area contributed by atoms with Gasteiger partial charge in [0.1, 0.15) is 5.69 Å². The molecule has 0 amide bonds. The zero-order chi connectivity index (χ0) is 17.1. The van der Waals surface area contributed by atoms with Gasteiger partial charge in [0.05, 0.1) is 12.0 Å². The van der Waals surface area contributed by atoms with Gasteiger partial charge in [-0.05, 0) is 41.5 Å². The number of imidazole rings is 1. The predicted octanol–water partition coefficient (Wildman–Crippen LogP) is 3.02. The molecule has 4 aromatic rings. The van der Waals surface area contributed by atoms with Crippen molar-refractivity contribution in [2.24, 2.45) is 0 Å². The van der Waals surface area contributed by atoms with Crippen molar-refractivity contribution in [3.05, 3.63) is 65.7 Å². The molecule has 0 aliphatic heterocycles. The van der Waals surface area contributed by atoms with Crippen molar-refractivity contribution >= 4 is 11.6 Å². The number of nitrogens with one attached hydrogen (secondary N) is 1. The Morgan fingerprint density at radius 3 is 2.88 bits per heavy atom. The zero-order valence-corrected chi connectivity index (χ0v) is 13.9. The van der Waals surface area contributed by atoms with E-state index >= 15 is 0 Å². The molecular formula is C17H14ClN7. The fourth-order valence-electron chi connectivity index (χ4n) is 2.56. The minimum absolute atomic E-state index is 0.532. The lowest BCUT2D eigenvalue weighted by molar-refractivity contribution is 0.696. The fourth-order valence-corrected chi connectivity index (χ4v) is 2.77. The molecule has 25 heavy (non-hydrogen) atoms. The van der Waals surface area contributed by atoms with E-state index in [1.165, 1.54) is 5.56 Å². The molecule has 3 aromatic heterocycles. The van der Waals surface area contributed by atoms with Crippen LogP contribution in [0, 0.1) is 0 Å². The number of H-pyrrole nitrogens is 1. The number of halogens is 1. The SMILES string of the molecule is Clc1cccc(CCn2cnc(-c3cc(-c4nn[nH]n4)ccn3)c2)c1. The molecule has 1 N–H and O–H groups in total. The molecule has 0 saturated heterocycles. The summed E-state index contributed by atoms with van der Waals surface area (Å²) in [7, 11) is 0. The number of tetrazole rings is 1. The largest absolute Gasteiger partial charge is 0.336 e. The number of hydrogen-bond donors (Lipinski definition) is 1. The number of nitrogens with zero attached hydrogens (tertiary/aromatic N) is 6. The molecule has 0 spiro atoms. The van der Waals surface area contributed by atoms with Crippen LogP contribution >= 0.6 is 11.6 Å². The maximum atomic E-state index is 6.02. The maximum Gasteiger partial charge on any atom is 0.204 e. The Labute approximate surface area is 148 Å². The molecule has 124 valence electrons. The van der Waals surface area contributed by atoms with E-state index in [-0.39, 0.29) is 0 Å². The number of hydrogen-bond acceptors (Lipinski definition) is 5. The molecule has 0 saturated carbocycles. The Balaban J connectivity index is 1.50. The lowest BCUT2D eigenvalue weighted by atomic mass is 10.1. The zero-order valence-electron chi connectivity index (χ0n) is 13.2. The average molecular weight is 352 g/mol. The van der Waals surface area contributed by atoms with E-state index in [4.69, 9.17) is 11.6 Å². The van der Waals surface area contributed by atoms with Crippen molar-refractivity contribution in [1.82, 2.24) is 35.2 Å². The van der Waals surface area contributed by atoms with E-state index in [0.717, 1.165) is 34.9 Å². The van der Waals surface area contributed by atoms with Gasteiger partial charge in [-0.15, -0.1) is 10.2 Å². The topological polar surface area (TPSA) is 85.2 Å². The molecule has 0 radical (unpaired) electrons. The summed E-state index contributed by atoms with van der Waals surface area (Å²) in [5.41, 5.74) is 3.60. The number of benzene rings is 1. The Morgan fingerprint density at radius 2 is 2.04 bits per heavy atom. The van der Waals surface area contributed by atoms with Gasteiger partial charge in [-0.3, -0.25) is 4.98 Å². The van der Waals surface area contributed by atoms with Gasteiger partial charge >= 0.3 is 0 Å². The summed E-state index contributed by atoms with van der Waals surface area (Å²) in [6.07, 6.45) is 6.38. The molecule has 0 aliphatic carbocycles. The Kier molecular flexibility index (Phi) is 4.22. The highest BCUT2D eigenvalue weighted by atomic mass is 35.5. The van der Waals surface area contributed by atoms with Gasteiger partial charge in [0.25, 0.3) is 0 Å². The van der Waals surface area contributed by atoms with Crippen molar-refractivity contribution in [1.29, 1.82) is 0 Å². The van der Waals surface area contributed by atoms with E-state index in [9.17, 15) is 0 Å². The molecule has 1 aromatic carbocycles. The van der Waals surface area contributed by atoms with Gasteiger partial charge in [-0.2, -0.15) is 5.21 Å². The highest BCUT2D eigenvalue weighted by Gasteiger charge is 2.08. The summed E-state index contributed by atoms with van der Waals surface area (Å²) < 4.78 is 2.04. The van der Waals surface area contributed by atoms with Crippen molar-refractivity contribution in [2.45, 2.75) is 13.0 Å². The number of aromatic nitrogens is 7. The van der Waals surface area contributed by atoms with Crippen LogP contribution in [-0.4, -0.2) is 35.2 Å². The second-order valence-corrected chi connectivity index (χ2v) is 5.98. The third-order valence-electron chi connectivity index (χ3n) is 3.81. The van der Waals surface area contributed by atoms with Crippen LogP contribution in [0.1, 0.15) is 5.56 Å². The van der Waals surface area contributed by atoms with E-state index in [2.05, 4.69) is 36.7 Å². The van der Waals surface area contributed by atoms with Crippen LogP contribution in [0.3, 0.4) is 0 Å². The highest BCUT2D eigenvalue weighted by Crippen LogP contribution is 2.20. The summed E-state index contributed by atoms with van der Waals surface area (Å²) in [6.45, 7) is 0.817. The smallest absolute Gasteiger partial charge is 0.204 e. The van der Waals surface area contributed by atoms with Crippen LogP contribution in [0.4, 0.5) is 0 Å². The van der Waals surface area contributed by atoms with Crippen molar-refractivity contribution in [3.63, 3.8) is 0 Å². The van der Waals surface area contributed by atoms with E-state index < -0.39 is 0 Å². The second kappa shape index (κ2) is 6.82. The van der Waals surface area contributed by atoms with Crippen LogP contribution in [0.15, 0.2) is 55.1 Å². The molecule has 4 rings (SSSR count). The minimum atomic E-state index is 0.532. The summed E-state index contributed by atoms with van der Waals surface area (Å²) in [4.78, 5) is 8.83. The number of aryl methyl sites for hydroxylation is 2. The molecule has 0 aliphatic rings. The molecule has 8 heteroatoms. The Morgan fingerprint density at radius 1 is 1.08 bits per heavy atom. The van der Waals surface area contributed by atoms with Crippen LogP contribution in [0.25, 0.3) is 22.8 Å². The highest BCUT2D eigenvalue weighted by molar-refractivity contribution is 6.30. The normalized spacial score (nSPS) is 10.9. The van der Waals surface area contributed by atoms with Gasteiger partial charge in [0.2, 0.25) is 5.82 Å². The third kappa shape index (κ3) is 3.56. The van der Waals surface area contributed by atoms with Crippen LogP contribution < -0.4 is 0 Å². The van der Waals surface area contributed by atoms with E-state index in [0.29, 0.717) is 5.82 Å². The Hall–Kier alpha value is -3.06. The van der Waals surface area contributed by atoms with Gasteiger partial charge in [0.15, 0.2) is 0 Å². The molecular weight excluding hydrogens is 338 g/mol. The summed E-state index contributed by atoms with van der Waals surface area (Å²) in [5, 5.41) is 14.8. The monoisotopic (exact) mass is 351 g/mol. The standard InChI is InChI=1S/C17H14ClN7/c18-14-3-1-2-12(8-14)5-7-25-10-16(20-11-25)15-9-13(4-6-19-15)17-21-23-24-22-17/h1-4,6,8-11H,5,7H2,(H,21,22,23,24). The first-order chi connectivity index (χ1) is 12.3. The fraction of sp³-hybridized carbons (Fsp3) is 0.118. The molecule has 0 unspecified atom stereocenters. The van der Waals surface area contributed by atoms with Crippen molar-refractivity contribution in [3.8, 4) is 22.8 Å². The number of rotatable bonds is 5. The number of pyridine rings is 1. The van der Waals surface area contributed by atoms with Gasteiger partial charge in [-0.1, -0.05) is 23.7 Å². The summed E-state index contributed by atoms with van der Waals surface area (Å²) >= 11 is 6.02. The lowest BCUT2D eigenvalue weighted by Crippen LogP contribution is -1.98. The maximum absolute atomic E-state index is 6.02. The first kappa shape index (κ1) is 15.5. The van der Waals surface area contributed by atoms with Gasteiger partial charge in [-0.25, -0.2) is 4.98 Å². The predicted molar refractivity (Wildman–Crippen MR) is 93.8 cm³/mol. The number of aromatic amines is 1. The van der Waals surface area contributed by atoms with Gasteiger partial charge in [0, 0.05) is 29.5 Å². The minimum Gasteiger partial charge on any atom is -0.336 e. The van der Waals surface area contributed by atoms with Crippen LogP contribution in [-0.2, 0) is 13.0 Å². The van der Waals surface area contributed by atoms with Crippen LogP contribution in [0.2, 0.25) is 5.02 Å². The van der Waals surface area contributed by atoms with E-state index in [1.54, 1.807) is 6.20 Å². The van der Waals surface area contributed by atoms with Crippen LogP contribution in [0.5, 0.6) is 0 Å². The molecule has 3 heterocycles.